The number of fused-ring (bicyclic) bond motifs is 3. The number of carbonyl (C=O) groups excluding carboxylic acids is 1. The van der Waals surface area contributed by atoms with Gasteiger partial charge in [-0.15, -0.1) is 0 Å². The van der Waals surface area contributed by atoms with Gasteiger partial charge in [0.05, 0.1) is 29.6 Å². The number of aryl methyl sites for hydroxylation is 1. The molecule has 3 aromatic carbocycles. The summed E-state index contributed by atoms with van der Waals surface area (Å²) in [7, 11) is 0. The number of aliphatic imine (C=N–C) groups is 1. The van der Waals surface area contributed by atoms with Gasteiger partial charge in [0.25, 0.3) is 0 Å². The van der Waals surface area contributed by atoms with E-state index in [1.807, 2.05) is 73.8 Å². The Morgan fingerprint density at radius 2 is 1.78 bits per heavy atom. The molecule has 2 aromatic heterocycles. The van der Waals surface area contributed by atoms with Gasteiger partial charge in [0.15, 0.2) is 5.76 Å². The number of amides is 1. The van der Waals surface area contributed by atoms with Crippen molar-refractivity contribution in [2.75, 3.05) is 5.32 Å². The summed E-state index contributed by atoms with van der Waals surface area (Å²) in [6, 6.07) is 22.5. The van der Waals surface area contributed by atoms with Crippen molar-refractivity contribution in [2.24, 2.45) is 4.99 Å². The van der Waals surface area contributed by atoms with Crippen molar-refractivity contribution in [3.63, 3.8) is 0 Å². The van der Waals surface area contributed by atoms with E-state index in [9.17, 15) is 4.79 Å². The summed E-state index contributed by atoms with van der Waals surface area (Å²) < 4.78 is 5.82. The average Bonchev–Trinajstić information content (AvgIpc) is 3.55. The van der Waals surface area contributed by atoms with E-state index in [1.54, 1.807) is 6.20 Å². The fraction of sp³-hybridized carbons (Fsp3) is 0.103. The Morgan fingerprint density at radius 1 is 1.00 bits per heavy atom. The number of nitrogens with one attached hydrogen (secondary N) is 2. The number of hydrogen-bond donors (Lipinski definition) is 2. The van der Waals surface area contributed by atoms with E-state index in [-0.39, 0.29) is 12.3 Å². The van der Waals surface area contributed by atoms with Gasteiger partial charge in [-0.25, -0.2) is 0 Å². The van der Waals surface area contributed by atoms with Crippen molar-refractivity contribution in [2.45, 2.75) is 19.4 Å². The number of carbonyl (C=O) groups is 1. The van der Waals surface area contributed by atoms with Gasteiger partial charge >= 0.3 is 0 Å². The molecule has 6 rings (SSSR count). The predicted molar refractivity (Wildman–Crippen MR) is 144 cm³/mol. The van der Waals surface area contributed by atoms with Gasteiger partial charge in [0, 0.05) is 33.6 Å². The van der Waals surface area contributed by atoms with E-state index in [0.717, 1.165) is 50.5 Å². The van der Waals surface area contributed by atoms with Crippen LogP contribution in [-0.2, 0) is 4.79 Å². The number of aromatic nitrogens is 3. The number of benzene rings is 3. The fourth-order valence-corrected chi connectivity index (χ4v) is 4.78. The molecule has 0 aliphatic carbocycles. The van der Waals surface area contributed by atoms with Crippen LogP contribution in [0.15, 0.2) is 94.7 Å². The minimum atomic E-state index is -0.574. The minimum absolute atomic E-state index is 0.0934. The third-order valence-electron chi connectivity index (χ3n) is 6.41. The number of para-hydroxylation sites is 1. The van der Waals surface area contributed by atoms with Crippen LogP contribution in [-0.4, -0.2) is 27.0 Å². The topological polar surface area (TPSA) is 96.2 Å². The van der Waals surface area contributed by atoms with E-state index in [0.29, 0.717) is 10.8 Å². The van der Waals surface area contributed by atoms with Crippen molar-refractivity contribution in [3.05, 3.63) is 113 Å². The maximum absolute atomic E-state index is 13.1. The monoisotopic (exact) mass is 507 g/mol. The van der Waals surface area contributed by atoms with Gasteiger partial charge in [-0.05, 0) is 48.4 Å². The number of aromatic amines is 1. The largest absolute Gasteiger partial charge is 0.358 e. The number of anilines is 1. The summed E-state index contributed by atoms with van der Waals surface area (Å²) in [5.41, 5.74) is 7.78. The van der Waals surface area contributed by atoms with E-state index >= 15 is 0 Å². The smallest absolute Gasteiger partial charge is 0.227 e. The Labute approximate surface area is 218 Å². The Kier molecular flexibility index (Phi) is 5.90. The van der Waals surface area contributed by atoms with Crippen LogP contribution in [0.5, 0.6) is 0 Å². The van der Waals surface area contributed by atoms with E-state index in [2.05, 4.69) is 32.8 Å². The highest BCUT2D eigenvalue weighted by Gasteiger charge is 2.32. The second-order valence-corrected chi connectivity index (χ2v) is 9.31. The fourth-order valence-electron chi connectivity index (χ4n) is 4.66. The first-order valence-corrected chi connectivity index (χ1v) is 12.2. The summed E-state index contributed by atoms with van der Waals surface area (Å²) in [4.78, 5) is 18.2. The molecule has 37 heavy (non-hydrogen) atoms. The average molecular weight is 508 g/mol. The summed E-state index contributed by atoms with van der Waals surface area (Å²) in [6.07, 6.45) is 3.73. The number of hydrogen-bond acceptors (Lipinski definition) is 5. The lowest BCUT2D eigenvalue weighted by molar-refractivity contribution is -0.116. The molecule has 3 heterocycles. The van der Waals surface area contributed by atoms with Crippen LogP contribution in [0.4, 0.5) is 5.69 Å². The van der Waals surface area contributed by atoms with Gasteiger partial charge in [0.1, 0.15) is 6.04 Å². The van der Waals surface area contributed by atoms with Crippen molar-refractivity contribution in [1.82, 2.24) is 15.4 Å². The van der Waals surface area contributed by atoms with Crippen LogP contribution in [0.3, 0.4) is 0 Å². The number of H-pyrrole nitrogens is 1. The van der Waals surface area contributed by atoms with Crippen molar-refractivity contribution < 1.29 is 9.32 Å². The molecule has 0 unspecified atom stereocenters. The quantitative estimate of drug-likeness (QED) is 0.279. The van der Waals surface area contributed by atoms with Crippen LogP contribution in [0.25, 0.3) is 22.3 Å². The minimum Gasteiger partial charge on any atom is -0.358 e. The summed E-state index contributed by atoms with van der Waals surface area (Å²) in [6.45, 7) is 1.91. The molecule has 0 saturated carbocycles. The highest BCUT2D eigenvalue weighted by molar-refractivity contribution is 6.30. The third-order valence-corrected chi connectivity index (χ3v) is 6.66. The maximum atomic E-state index is 13.1. The van der Waals surface area contributed by atoms with Gasteiger partial charge in [-0.3, -0.25) is 14.9 Å². The molecule has 8 heteroatoms. The predicted octanol–water partition coefficient (Wildman–Crippen LogP) is 6.61. The lowest BCUT2D eigenvalue weighted by Gasteiger charge is -2.13. The number of halogens is 1. The molecule has 0 bridgehead atoms. The van der Waals surface area contributed by atoms with Crippen LogP contribution < -0.4 is 5.32 Å². The molecular formula is C29H22ClN5O2. The zero-order valence-electron chi connectivity index (χ0n) is 19.9. The molecule has 0 saturated heterocycles. The lowest BCUT2D eigenvalue weighted by atomic mass is 9.90. The van der Waals surface area contributed by atoms with E-state index in [1.165, 1.54) is 0 Å². The molecule has 0 fully saturated rings. The molecule has 0 spiro atoms. The molecule has 0 radical (unpaired) electrons. The van der Waals surface area contributed by atoms with Crippen LogP contribution in [0.2, 0.25) is 5.02 Å². The van der Waals surface area contributed by atoms with E-state index < -0.39 is 6.04 Å². The molecule has 182 valence electrons. The Balaban J connectivity index is 1.50. The zero-order chi connectivity index (χ0) is 25.4. The standard InChI is InChI=1S/C29H22ClN5O2/c1-17-27-23-12-9-19(20-15-31-32-16-20)13-24(23)28(18-7-10-21(30)11-8-18)34-25(29(27)37-35-17)14-26(36)33-22-5-3-2-4-6-22/h2-13,15-16,25H,14H2,1H3,(H,31,32)(H,33,36)/t25-/m0/s1. The highest BCUT2D eigenvalue weighted by atomic mass is 35.5. The third kappa shape index (κ3) is 4.45. The van der Waals surface area contributed by atoms with E-state index in [4.69, 9.17) is 21.1 Å². The Bertz CT molecular complexity index is 1610. The Hall–Kier alpha value is -4.49. The molecule has 1 atom stereocenters. The van der Waals surface area contributed by atoms with Crippen LogP contribution in [0, 0.1) is 6.92 Å². The van der Waals surface area contributed by atoms with Crippen LogP contribution >= 0.6 is 11.6 Å². The second kappa shape index (κ2) is 9.52. The van der Waals surface area contributed by atoms with Gasteiger partial charge in [0.2, 0.25) is 5.91 Å². The second-order valence-electron chi connectivity index (χ2n) is 8.87. The zero-order valence-corrected chi connectivity index (χ0v) is 20.7. The molecule has 5 aromatic rings. The molecule has 2 N–H and O–H groups in total. The summed E-state index contributed by atoms with van der Waals surface area (Å²) in [5.74, 6) is 0.405. The van der Waals surface area contributed by atoms with Gasteiger partial charge in [-0.1, -0.05) is 59.2 Å². The lowest BCUT2D eigenvalue weighted by Crippen LogP contribution is -2.15. The van der Waals surface area contributed by atoms with Gasteiger partial charge in [-0.2, -0.15) is 5.10 Å². The first-order chi connectivity index (χ1) is 18.1. The highest BCUT2D eigenvalue weighted by Crippen LogP contribution is 2.42. The Morgan fingerprint density at radius 3 is 2.54 bits per heavy atom. The molecule has 1 aliphatic rings. The molecule has 1 amide bonds. The normalized spacial score (nSPS) is 14.3. The van der Waals surface area contributed by atoms with Crippen molar-refractivity contribution in [3.8, 4) is 22.3 Å². The maximum Gasteiger partial charge on any atom is 0.227 e. The molecule has 7 nitrogen and oxygen atoms in total. The molecule has 1 aliphatic heterocycles. The van der Waals surface area contributed by atoms with Gasteiger partial charge < -0.3 is 9.84 Å². The summed E-state index contributed by atoms with van der Waals surface area (Å²) >= 11 is 6.20. The first kappa shape index (κ1) is 22.9. The number of nitrogens with zero attached hydrogens (tertiary/aromatic N) is 3. The SMILES string of the molecule is Cc1noc2c1-c1ccc(-c3cn[nH]c3)cc1C(c1ccc(Cl)cc1)=N[C@H]2CC(=O)Nc1ccccc1. The first-order valence-electron chi connectivity index (χ1n) is 11.9. The summed E-state index contributed by atoms with van der Waals surface area (Å²) in [5, 5.41) is 14.8. The number of rotatable bonds is 5. The van der Waals surface area contributed by atoms with Crippen LogP contribution in [0.1, 0.15) is 35.0 Å². The molecular weight excluding hydrogens is 486 g/mol. The van der Waals surface area contributed by atoms with Crippen molar-refractivity contribution >= 4 is 28.9 Å². The van der Waals surface area contributed by atoms with Crippen molar-refractivity contribution in [1.29, 1.82) is 0 Å².